The molecule has 0 aliphatic rings. The standard InChI is InChI=1S/C13H14N6O4/c1-17(20)13(14)12(10-5-3-2-4-6-10)16-23-9-18-8-7-11(15-18)19(21)22/h2-8,14,20H,9H2,1H3/b14-13?,16-12-. The van der Waals surface area contributed by atoms with Crippen molar-refractivity contribution in [3.05, 3.63) is 58.3 Å². The van der Waals surface area contributed by atoms with Gasteiger partial charge in [0.15, 0.2) is 11.5 Å². The molecule has 2 N–H and O–H groups in total. The molecular weight excluding hydrogens is 304 g/mol. The molecule has 0 atom stereocenters. The summed E-state index contributed by atoms with van der Waals surface area (Å²) in [5, 5.41) is 35.9. The van der Waals surface area contributed by atoms with Gasteiger partial charge in [0, 0.05) is 12.6 Å². The zero-order valence-corrected chi connectivity index (χ0v) is 12.2. The van der Waals surface area contributed by atoms with Crippen molar-refractivity contribution in [2.45, 2.75) is 6.73 Å². The number of hydrogen-bond acceptors (Lipinski definition) is 7. The number of oxime groups is 1. The van der Waals surface area contributed by atoms with Gasteiger partial charge in [-0.1, -0.05) is 35.5 Å². The number of nitrogens with zero attached hydrogens (tertiary/aromatic N) is 5. The number of rotatable bonds is 6. The molecule has 2 rings (SSSR count). The Morgan fingerprint density at radius 1 is 1.48 bits per heavy atom. The number of hydrogen-bond donors (Lipinski definition) is 2. The second kappa shape index (κ2) is 7.13. The molecule has 0 saturated carbocycles. The fraction of sp³-hybridized carbons (Fsp3) is 0.154. The molecular formula is C13H14N6O4. The highest BCUT2D eigenvalue weighted by Gasteiger charge is 2.15. The molecule has 1 heterocycles. The fourth-order valence-electron chi connectivity index (χ4n) is 1.65. The second-order valence-corrected chi connectivity index (χ2v) is 4.41. The van der Waals surface area contributed by atoms with Gasteiger partial charge in [-0.2, -0.15) is 0 Å². The Morgan fingerprint density at radius 2 is 2.17 bits per heavy atom. The van der Waals surface area contributed by atoms with Crippen molar-refractivity contribution in [2.24, 2.45) is 5.16 Å². The topological polar surface area (TPSA) is 130 Å². The van der Waals surface area contributed by atoms with Gasteiger partial charge in [-0.25, -0.2) is 5.06 Å². The number of nitro groups is 1. The lowest BCUT2D eigenvalue weighted by Crippen LogP contribution is -2.30. The maximum Gasteiger partial charge on any atom is 0.390 e. The minimum atomic E-state index is -0.619. The Morgan fingerprint density at radius 3 is 2.74 bits per heavy atom. The second-order valence-electron chi connectivity index (χ2n) is 4.41. The van der Waals surface area contributed by atoms with Crippen LogP contribution in [0, 0.1) is 15.5 Å². The maximum absolute atomic E-state index is 10.5. The smallest absolute Gasteiger partial charge is 0.369 e. The molecule has 0 radical (unpaired) electrons. The van der Waals surface area contributed by atoms with Gasteiger partial charge in [0.25, 0.3) is 0 Å². The lowest BCUT2D eigenvalue weighted by Gasteiger charge is -2.13. The molecule has 0 saturated heterocycles. The summed E-state index contributed by atoms with van der Waals surface area (Å²) in [7, 11) is 1.29. The van der Waals surface area contributed by atoms with E-state index < -0.39 is 4.92 Å². The van der Waals surface area contributed by atoms with Crippen LogP contribution in [0.25, 0.3) is 0 Å². The predicted molar refractivity (Wildman–Crippen MR) is 80.2 cm³/mol. The third-order valence-electron chi connectivity index (χ3n) is 2.75. The van der Waals surface area contributed by atoms with Gasteiger partial charge in [-0.05, 0) is 4.92 Å². The third kappa shape index (κ3) is 4.11. The molecule has 0 amide bonds. The van der Waals surface area contributed by atoms with Crippen molar-refractivity contribution in [1.29, 1.82) is 5.41 Å². The van der Waals surface area contributed by atoms with Crippen LogP contribution in [0.5, 0.6) is 0 Å². The van der Waals surface area contributed by atoms with Gasteiger partial charge in [-0.15, -0.1) is 4.68 Å². The molecule has 1 aromatic carbocycles. The minimum absolute atomic E-state index is 0.109. The molecule has 1 aromatic heterocycles. The van der Waals surface area contributed by atoms with Crippen LogP contribution in [-0.2, 0) is 11.6 Å². The minimum Gasteiger partial charge on any atom is -0.369 e. The van der Waals surface area contributed by atoms with Crippen LogP contribution in [-0.4, -0.2) is 43.6 Å². The summed E-state index contributed by atoms with van der Waals surface area (Å²) in [5.41, 5.74) is 0.683. The lowest BCUT2D eigenvalue weighted by atomic mass is 10.1. The van der Waals surface area contributed by atoms with E-state index in [0.29, 0.717) is 10.6 Å². The molecule has 2 aromatic rings. The first-order valence-corrected chi connectivity index (χ1v) is 6.44. The van der Waals surface area contributed by atoms with Crippen LogP contribution in [0.2, 0.25) is 0 Å². The summed E-state index contributed by atoms with van der Waals surface area (Å²) >= 11 is 0. The Kier molecular flexibility index (Phi) is 5.00. The Bertz CT molecular complexity index is 725. The first-order chi connectivity index (χ1) is 11.0. The Balaban J connectivity index is 2.14. The number of nitrogens with one attached hydrogen (secondary N) is 1. The van der Waals surface area contributed by atoms with Gasteiger partial charge in [-0.3, -0.25) is 10.6 Å². The van der Waals surface area contributed by atoms with E-state index in [1.165, 1.54) is 24.0 Å². The first-order valence-electron chi connectivity index (χ1n) is 6.44. The van der Waals surface area contributed by atoms with Crippen molar-refractivity contribution >= 4 is 17.4 Å². The lowest BCUT2D eigenvalue weighted by molar-refractivity contribution is -0.389. The maximum atomic E-state index is 10.5. The van der Waals surface area contributed by atoms with E-state index in [-0.39, 0.29) is 24.1 Å². The van der Waals surface area contributed by atoms with Crippen molar-refractivity contribution in [1.82, 2.24) is 14.8 Å². The summed E-state index contributed by atoms with van der Waals surface area (Å²) in [6.07, 6.45) is 1.37. The molecule has 0 aliphatic heterocycles. The van der Waals surface area contributed by atoms with E-state index in [1.807, 2.05) is 0 Å². The molecule has 0 spiro atoms. The molecule has 10 nitrogen and oxygen atoms in total. The van der Waals surface area contributed by atoms with Gasteiger partial charge in [0.2, 0.25) is 6.73 Å². The van der Waals surface area contributed by atoms with E-state index in [2.05, 4.69) is 10.3 Å². The SMILES string of the molecule is CN(O)C(=N)/C(=N\OCn1ccc([N+](=O)[O-])n1)c1ccccc1. The van der Waals surface area contributed by atoms with Crippen LogP contribution < -0.4 is 0 Å². The van der Waals surface area contributed by atoms with Crippen LogP contribution >= 0.6 is 0 Å². The van der Waals surface area contributed by atoms with Crippen molar-refractivity contribution in [3.63, 3.8) is 0 Å². The molecule has 0 fully saturated rings. The highest BCUT2D eigenvalue weighted by atomic mass is 16.6. The van der Waals surface area contributed by atoms with E-state index in [4.69, 9.17) is 10.2 Å². The fourth-order valence-corrected chi connectivity index (χ4v) is 1.65. The predicted octanol–water partition coefficient (Wildman–Crippen LogP) is 1.47. The van der Waals surface area contributed by atoms with E-state index >= 15 is 0 Å². The summed E-state index contributed by atoms with van der Waals surface area (Å²) in [6, 6.07) is 9.96. The molecule has 23 heavy (non-hydrogen) atoms. The monoisotopic (exact) mass is 318 g/mol. The highest BCUT2D eigenvalue weighted by Crippen LogP contribution is 2.07. The van der Waals surface area contributed by atoms with E-state index in [9.17, 15) is 15.3 Å². The van der Waals surface area contributed by atoms with E-state index in [1.54, 1.807) is 30.3 Å². The first kappa shape index (κ1) is 16.1. The van der Waals surface area contributed by atoms with Gasteiger partial charge in [0.1, 0.15) is 0 Å². The van der Waals surface area contributed by atoms with Crippen LogP contribution in [0.3, 0.4) is 0 Å². The largest absolute Gasteiger partial charge is 0.390 e. The molecule has 0 aliphatic carbocycles. The molecule has 0 unspecified atom stereocenters. The molecule has 120 valence electrons. The van der Waals surface area contributed by atoms with Gasteiger partial charge in [0.05, 0.1) is 17.4 Å². The zero-order chi connectivity index (χ0) is 16.8. The van der Waals surface area contributed by atoms with E-state index in [0.717, 1.165) is 0 Å². The average Bonchev–Trinajstić information content (AvgIpc) is 3.01. The number of hydroxylamine groups is 2. The third-order valence-corrected chi connectivity index (χ3v) is 2.75. The number of amidine groups is 1. The van der Waals surface area contributed by atoms with Crippen LogP contribution in [0.4, 0.5) is 5.82 Å². The summed E-state index contributed by atoms with van der Waals surface area (Å²) < 4.78 is 1.19. The normalized spacial score (nSPS) is 11.1. The Hall–Kier alpha value is -3.27. The Labute approximate surface area is 130 Å². The average molecular weight is 318 g/mol. The van der Waals surface area contributed by atoms with Crippen LogP contribution in [0.1, 0.15) is 5.56 Å². The van der Waals surface area contributed by atoms with Crippen molar-refractivity contribution in [3.8, 4) is 0 Å². The number of likely N-dealkylation sites (N-methyl/N-ethyl adjacent to an activating group) is 1. The number of aromatic nitrogens is 2. The number of benzene rings is 1. The zero-order valence-electron chi connectivity index (χ0n) is 12.2. The quantitative estimate of drug-likeness (QED) is 0.359. The summed E-state index contributed by atoms with van der Waals surface area (Å²) in [6.45, 7) is -0.174. The van der Waals surface area contributed by atoms with Gasteiger partial charge < -0.3 is 15.0 Å². The van der Waals surface area contributed by atoms with Crippen LogP contribution in [0.15, 0.2) is 47.8 Å². The van der Waals surface area contributed by atoms with Gasteiger partial charge >= 0.3 is 5.82 Å². The molecule has 0 bridgehead atoms. The van der Waals surface area contributed by atoms with Crippen molar-refractivity contribution < 1.29 is 15.0 Å². The summed E-state index contributed by atoms with van der Waals surface area (Å²) in [4.78, 5) is 15.0. The molecule has 10 heteroatoms. The highest BCUT2D eigenvalue weighted by molar-refractivity contribution is 6.45. The van der Waals surface area contributed by atoms with Crippen molar-refractivity contribution in [2.75, 3.05) is 7.05 Å². The summed E-state index contributed by atoms with van der Waals surface area (Å²) in [5.74, 6) is -0.564.